The second kappa shape index (κ2) is 5.82. The average molecular weight is 270 g/mol. The Balaban J connectivity index is 1.50. The van der Waals surface area contributed by atoms with Crippen LogP contribution in [0.5, 0.6) is 0 Å². The Hall–Kier alpha value is -2.23. The van der Waals surface area contributed by atoms with Gasteiger partial charge in [-0.25, -0.2) is 0 Å². The lowest BCUT2D eigenvalue weighted by Gasteiger charge is -2.18. The van der Waals surface area contributed by atoms with Crippen LogP contribution < -0.4 is 10.2 Å². The van der Waals surface area contributed by atoms with Crippen molar-refractivity contribution in [1.29, 1.82) is 0 Å². The lowest BCUT2D eigenvalue weighted by Crippen LogP contribution is -2.30. The number of anilines is 1. The van der Waals surface area contributed by atoms with E-state index in [2.05, 4.69) is 34.5 Å². The topological polar surface area (TPSA) is 45.5 Å². The molecule has 0 saturated carbocycles. The van der Waals surface area contributed by atoms with Crippen molar-refractivity contribution in [2.24, 2.45) is 5.92 Å². The molecule has 4 nitrogen and oxygen atoms in total. The molecule has 3 rings (SSSR count). The second-order valence-corrected chi connectivity index (χ2v) is 5.12. The summed E-state index contributed by atoms with van der Waals surface area (Å²) in [7, 11) is 0. The molecule has 4 heteroatoms. The number of nitrogens with one attached hydrogen (secondary N) is 1. The van der Waals surface area contributed by atoms with Gasteiger partial charge in [0.05, 0.1) is 6.26 Å². The number of hydrogen-bond donors (Lipinski definition) is 1. The molecule has 2 aromatic rings. The van der Waals surface area contributed by atoms with E-state index >= 15 is 0 Å². The Morgan fingerprint density at radius 3 is 2.85 bits per heavy atom. The third-order valence-electron chi connectivity index (χ3n) is 3.70. The lowest BCUT2D eigenvalue weighted by molar-refractivity contribution is 0.0920. The standard InChI is InChI=1S/C16H18N2O2/c19-16(15-7-4-10-20-15)17-11-13-8-9-18(12-13)14-5-2-1-3-6-14/h1-7,10,13H,8-9,11-12H2,(H,17,19)/t13-/m1/s1. The summed E-state index contributed by atoms with van der Waals surface area (Å²) in [6.07, 6.45) is 2.62. The van der Waals surface area contributed by atoms with Crippen molar-refractivity contribution in [3.63, 3.8) is 0 Å². The van der Waals surface area contributed by atoms with E-state index in [9.17, 15) is 4.79 Å². The van der Waals surface area contributed by atoms with Crippen LogP contribution in [0.3, 0.4) is 0 Å². The maximum atomic E-state index is 11.8. The van der Waals surface area contributed by atoms with Crippen molar-refractivity contribution < 1.29 is 9.21 Å². The molecule has 104 valence electrons. The molecule has 0 aliphatic carbocycles. The van der Waals surface area contributed by atoms with E-state index in [1.165, 1.54) is 12.0 Å². The summed E-state index contributed by atoms with van der Waals surface area (Å²) < 4.78 is 5.08. The van der Waals surface area contributed by atoms with Crippen molar-refractivity contribution >= 4 is 11.6 Å². The zero-order valence-corrected chi connectivity index (χ0v) is 11.3. The van der Waals surface area contributed by atoms with Crippen LogP contribution in [0.2, 0.25) is 0 Å². The molecule has 0 unspecified atom stereocenters. The minimum atomic E-state index is -0.131. The summed E-state index contributed by atoms with van der Waals surface area (Å²) in [5.74, 6) is 0.741. The van der Waals surface area contributed by atoms with E-state index < -0.39 is 0 Å². The van der Waals surface area contributed by atoms with E-state index in [4.69, 9.17) is 4.42 Å². The summed E-state index contributed by atoms with van der Waals surface area (Å²) in [5, 5.41) is 2.94. The number of amides is 1. The van der Waals surface area contributed by atoms with E-state index in [1.807, 2.05) is 6.07 Å². The highest BCUT2D eigenvalue weighted by atomic mass is 16.3. The van der Waals surface area contributed by atoms with Gasteiger partial charge in [0.15, 0.2) is 5.76 Å². The molecular formula is C16H18N2O2. The Labute approximate surface area is 118 Å². The van der Waals surface area contributed by atoms with Crippen LogP contribution in [0.4, 0.5) is 5.69 Å². The molecule has 20 heavy (non-hydrogen) atoms. The Morgan fingerprint density at radius 1 is 1.25 bits per heavy atom. The van der Waals surface area contributed by atoms with Gasteiger partial charge in [-0.15, -0.1) is 0 Å². The molecule has 1 N–H and O–H groups in total. The normalized spacial score (nSPS) is 18.2. The summed E-state index contributed by atoms with van der Waals surface area (Å²) >= 11 is 0. The van der Waals surface area contributed by atoms with Crippen LogP contribution in [0, 0.1) is 5.92 Å². The summed E-state index contributed by atoms with van der Waals surface area (Å²) in [5.41, 5.74) is 1.26. The number of benzene rings is 1. The first-order chi connectivity index (χ1) is 9.83. The largest absolute Gasteiger partial charge is 0.459 e. The van der Waals surface area contributed by atoms with Gasteiger partial charge in [0.2, 0.25) is 0 Å². The number of carbonyl (C=O) groups excluding carboxylic acids is 1. The summed E-state index contributed by atoms with van der Waals surface area (Å²) in [6.45, 7) is 2.73. The third kappa shape index (κ3) is 2.85. The molecule has 0 spiro atoms. The van der Waals surface area contributed by atoms with Crippen molar-refractivity contribution in [3.05, 3.63) is 54.5 Å². The SMILES string of the molecule is O=C(NC[C@H]1CCN(c2ccccc2)C1)c1ccco1. The quantitative estimate of drug-likeness (QED) is 0.928. The number of hydrogen-bond acceptors (Lipinski definition) is 3. The highest BCUT2D eigenvalue weighted by molar-refractivity contribution is 5.91. The van der Waals surface area contributed by atoms with Crippen LogP contribution in [0.1, 0.15) is 17.0 Å². The number of carbonyl (C=O) groups is 1. The number of furan rings is 1. The van der Waals surface area contributed by atoms with Gasteiger partial charge in [-0.3, -0.25) is 4.79 Å². The van der Waals surface area contributed by atoms with Crippen LogP contribution in [-0.4, -0.2) is 25.5 Å². The Kier molecular flexibility index (Phi) is 3.72. The summed E-state index contributed by atoms with van der Waals surface area (Å²) in [4.78, 5) is 14.2. The van der Waals surface area contributed by atoms with Gasteiger partial charge >= 0.3 is 0 Å². The van der Waals surface area contributed by atoms with Gasteiger partial charge < -0.3 is 14.6 Å². The van der Waals surface area contributed by atoms with Gasteiger partial charge in [-0.2, -0.15) is 0 Å². The molecule has 1 aromatic heterocycles. The molecule has 1 fully saturated rings. The van der Waals surface area contributed by atoms with Crippen LogP contribution in [0.25, 0.3) is 0 Å². The number of nitrogens with zero attached hydrogens (tertiary/aromatic N) is 1. The Bertz CT molecular complexity index is 551. The van der Waals surface area contributed by atoms with Gasteiger partial charge in [0.1, 0.15) is 0 Å². The predicted molar refractivity (Wildman–Crippen MR) is 77.8 cm³/mol. The first-order valence-corrected chi connectivity index (χ1v) is 6.94. The minimum Gasteiger partial charge on any atom is -0.459 e. The van der Waals surface area contributed by atoms with E-state index in [-0.39, 0.29) is 5.91 Å². The lowest BCUT2D eigenvalue weighted by atomic mass is 10.1. The molecule has 1 saturated heterocycles. The molecular weight excluding hydrogens is 252 g/mol. The maximum absolute atomic E-state index is 11.8. The number of rotatable bonds is 4. The molecule has 0 bridgehead atoms. The number of para-hydroxylation sites is 1. The highest BCUT2D eigenvalue weighted by Crippen LogP contribution is 2.22. The van der Waals surface area contributed by atoms with Crippen molar-refractivity contribution in [2.45, 2.75) is 6.42 Å². The van der Waals surface area contributed by atoms with Gasteiger partial charge in [0.25, 0.3) is 5.91 Å². The highest BCUT2D eigenvalue weighted by Gasteiger charge is 2.23. The van der Waals surface area contributed by atoms with E-state index in [1.54, 1.807) is 12.1 Å². The van der Waals surface area contributed by atoms with Gasteiger partial charge in [0, 0.05) is 25.3 Å². The zero-order chi connectivity index (χ0) is 13.8. The molecule has 1 amide bonds. The first kappa shape index (κ1) is 12.8. The third-order valence-corrected chi connectivity index (χ3v) is 3.70. The van der Waals surface area contributed by atoms with Crippen LogP contribution in [-0.2, 0) is 0 Å². The zero-order valence-electron chi connectivity index (χ0n) is 11.3. The van der Waals surface area contributed by atoms with Crippen molar-refractivity contribution in [1.82, 2.24) is 5.32 Å². The second-order valence-electron chi connectivity index (χ2n) is 5.12. The first-order valence-electron chi connectivity index (χ1n) is 6.94. The predicted octanol–water partition coefficient (Wildman–Crippen LogP) is 2.54. The molecule has 1 aliphatic heterocycles. The van der Waals surface area contributed by atoms with Crippen molar-refractivity contribution in [2.75, 3.05) is 24.5 Å². The minimum absolute atomic E-state index is 0.131. The fourth-order valence-electron chi connectivity index (χ4n) is 2.60. The van der Waals surface area contributed by atoms with E-state index in [0.29, 0.717) is 18.2 Å². The smallest absolute Gasteiger partial charge is 0.286 e. The van der Waals surface area contributed by atoms with Crippen LogP contribution in [0.15, 0.2) is 53.1 Å². The van der Waals surface area contributed by atoms with Crippen LogP contribution >= 0.6 is 0 Å². The Morgan fingerprint density at radius 2 is 2.10 bits per heavy atom. The van der Waals surface area contributed by atoms with Gasteiger partial charge in [-0.05, 0) is 36.6 Å². The summed E-state index contributed by atoms with van der Waals surface area (Å²) in [6, 6.07) is 13.8. The average Bonchev–Trinajstić information content (AvgIpc) is 3.17. The van der Waals surface area contributed by atoms with Crippen molar-refractivity contribution in [3.8, 4) is 0 Å². The maximum Gasteiger partial charge on any atom is 0.286 e. The molecule has 1 aromatic carbocycles. The fourth-order valence-corrected chi connectivity index (χ4v) is 2.60. The molecule has 0 radical (unpaired) electrons. The molecule has 1 atom stereocenters. The van der Waals surface area contributed by atoms with E-state index in [0.717, 1.165) is 19.5 Å². The molecule has 2 heterocycles. The molecule has 1 aliphatic rings. The van der Waals surface area contributed by atoms with Gasteiger partial charge in [-0.1, -0.05) is 18.2 Å². The fraction of sp³-hybridized carbons (Fsp3) is 0.312. The monoisotopic (exact) mass is 270 g/mol.